The summed E-state index contributed by atoms with van der Waals surface area (Å²) < 4.78 is 0. The van der Waals surface area contributed by atoms with Crippen LogP contribution in [0.25, 0.3) is 0 Å². The number of carbonyl (C=O) groups excluding carboxylic acids is 2. The Morgan fingerprint density at radius 2 is 1.71 bits per heavy atom. The van der Waals surface area contributed by atoms with Crippen molar-refractivity contribution in [1.29, 1.82) is 0 Å². The molecule has 0 atom stereocenters. The summed E-state index contributed by atoms with van der Waals surface area (Å²) in [5, 5.41) is 0. The summed E-state index contributed by atoms with van der Waals surface area (Å²) in [7, 11) is 0. The molecular formula is C12H14O2. The first-order valence-electron chi connectivity index (χ1n) is 4.72. The van der Waals surface area contributed by atoms with Crippen LogP contribution in [0.5, 0.6) is 0 Å². The molecule has 14 heavy (non-hydrogen) atoms. The van der Waals surface area contributed by atoms with Gasteiger partial charge in [-0.25, -0.2) is 0 Å². The van der Waals surface area contributed by atoms with Crippen molar-refractivity contribution in [2.24, 2.45) is 0 Å². The molecule has 0 N–H and O–H groups in total. The fourth-order valence-corrected chi connectivity index (χ4v) is 1.63. The highest BCUT2D eigenvalue weighted by Gasteiger charge is 2.11. The van der Waals surface area contributed by atoms with Crippen LogP contribution in [0.2, 0.25) is 0 Å². The molecule has 0 saturated heterocycles. The van der Waals surface area contributed by atoms with E-state index in [1.165, 1.54) is 0 Å². The van der Waals surface area contributed by atoms with E-state index in [1.54, 1.807) is 0 Å². The minimum absolute atomic E-state index is 0.0474. The maximum absolute atomic E-state index is 10.5. The van der Waals surface area contributed by atoms with E-state index in [9.17, 15) is 9.59 Å². The van der Waals surface area contributed by atoms with Crippen LogP contribution in [-0.4, -0.2) is 12.6 Å². The molecule has 0 fully saturated rings. The highest BCUT2D eigenvalue weighted by atomic mass is 16.1. The fraction of sp³-hybridized carbons (Fsp3) is 0.333. The van der Waals surface area contributed by atoms with Gasteiger partial charge in [-0.2, -0.15) is 0 Å². The van der Waals surface area contributed by atoms with Crippen LogP contribution in [0, 0.1) is 6.92 Å². The van der Waals surface area contributed by atoms with Crippen LogP contribution in [0.4, 0.5) is 0 Å². The van der Waals surface area contributed by atoms with Crippen molar-refractivity contribution in [3.63, 3.8) is 0 Å². The van der Waals surface area contributed by atoms with Gasteiger partial charge in [0.15, 0.2) is 0 Å². The SMILES string of the molecule is Cc1ccccc1C(CC=O)CC=O. The molecule has 0 spiro atoms. The Balaban J connectivity index is 2.91. The Bertz CT molecular complexity index is 308. The molecule has 0 saturated carbocycles. The second-order valence-corrected chi connectivity index (χ2v) is 3.36. The Kier molecular flexibility index (Phi) is 4.05. The van der Waals surface area contributed by atoms with Gasteiger partial charge in [-0.05, 0) is 24.0 Å². The van der Waals surface area contributed by atoms with E-state index < -0.39 is 0 Å². The Morgan fingerprint density at radius 1 is 1.14 bits per heavy atom. The summed E-state index contributed by atoms with van der Waals surface area (Å²) in [6.45, 7) is 2.00. The lowest BCUT2D eigenvalue weighted by atomic mass is 9.90. The number of hydrogen-bond acceptors (Lipinski definition) is 2. The quantitative estimate of drug-likeness (QED) is 0.667. The molecule has 0 heterocycles. The molecule has 0 radical (unpaired) electrons. The topological polar surface area (TPSA) is 34.1 Å². The van der Waals surface area contributed by atoms with Gasteiger partial charge in [-0.1, -0.05) is 24.3 Å². The van der Waals surface area contributed by atoms with Crippen LogP contribution in [0.1, 0.15) is 29.9 Å². The van der Waals surface area contributed by atoms with Gasteiger partial charge < -0.3 is 9.59 Å². The minimum atomic E-state index is 0.0474. The molecule has 0 aliphatic rings. The zero-order valence-corrected chi connectivity index (χ0v) is 8.27. The number of rotatable bonds is 5. The average molecular weight is 190 g/mol. The predicted molar refractivity (Wildman–Crippen MR) is 55.3 cm³/mol. The predicted octanol–water partition coefficient (Wildman–Crippen LogP) is 2.26. The highest BCUT2D eigenvalue weighted by Crippen LogP contribution is 2.24. The molecule has 0 aliphatic carbocycles. The fourth-order valence-electron chi connectivity index (χ4n) is 1.63. The standard InChI is InChI=1S/C12H14O2/c1-10-4-2-3-5-12(10)11(6-8-13)7-9-14/h2-5,8-9,11H,6-7H2,1H3. The van der Waals surface area contributed by atoms with Gasteiger partial charge in [0.05, 0.1) is 0 Å². The number of aryl methyl sites for hydroxylation is 1. The van der Waals surface area contributed by atoms with Crippen LogP contribution in [0.15, 0.2) is 24.3 Å². The Labute approximate surface area is 83.9 Å². The van der Waals surface area contributed by atoms with Crippen LogP contribution in [-0.2, 0) is 9.59 Å². The van der Waals surface area contributed by atoms with Gasteiger partial charge in [0.2, 0.25) is 0 Å². The molecule has 1 aromatic carbocycles. The van der Waals surface area contributed by atoms with E-state index in [1.807, 2.05) is 31.2 Å². The highest BCUT2D eigenvalue weighted by molar-refractivity contribution is 5.57. The molecule has 0 amide bonds. The van der Waals surface area contributed by atoms with E-state index in [0.717, 1.165) is 23.7 Å². The monoisotopic (exact) mass is 190 g/mol. The maximum atomic E-state index is 10.5. The zero-order chi connectivity index (χ0) is 10.4. The van der Waals surface area contributed by atoms with Crippen LogP contribution < -0.4 is 0 Å². The second-order valence-electron chi connectivity index (χ2n) is 3.36. The van der Waals surface area contributed by atoms with Gasteiger partial charge in [0, 0.05) is 12.8 Å². The summed E-state index contributed by atoms with van der Waals surface area (Å²) in [5.41, 5.74) is 2.24. The number of benzene rings is 1. The third-order valence-electron chi connectivity index (χ3n) is 2.39. The molecular weight excluding hydrogens is 176 g/mol. The van der Waals surface area contributed by atoms with Crippen molar-refractivity contribution < 1.29 is 9.59 Å². The first-order valence-corrected chi connectivity index (χ1v) is 4.72. The van der Waals surface area contributed by atoms with Gasteiger partial charge in [-0.15, -0.1) is 0 Å². The molecule has 0 aliphatic heterocycles. The third-order valence-corrected chi connectivity index (χ3v) is 2.39. The van der Waals surface area contributed by atoms with E-state index in [0.29, 0.717) is 12.8 Å². The number of hydrogen-bond donors (Lipinski definition) is 0. The van der Waals surface area contributed by atoms with Crippen molar-refractivity contribution in [1.82, 2.24) is 0 Å². The van der Waals surface area contributed by atoms with Crippen molar-refractivity contribution >= 4 is 12.6 Å². The van der Waals surface area contributed by atoms with Crippen molar-refractivity contribution in [3.05, 3.63) is 35.4 Å². The second kappa shape index (κ2) is 5.32. The molecule has 1 aromatic rings. The van der Waals surface area contributed by atoms with E-state index >= 15 is 0 Å². The molecule has 1 rings (SSSR count). The summed E-state index contributed by atoms with van der Waals surface area (Å²) in [6.07, 6.45) is 2.59. The smallest absolute Gasteiger partial charge is 0.120 e. The van der Waals surface area contributed by atoms with Gasteiger partial charge in [0.1, 0.15) is 12.6 Å². The molecule has 74 valence electrons. The zero-order valence-electron chi connectivity index (χ0n) is 8.27. The van der Waals surface area contributed by atoms with Gasteiger partial charge in [-0.3, -0.25) is 0 Å². The lowest BCUT2D eigenvalue weighted by molar-refractivity contribution is -0.109. The Morgan fingerprint density at radius 3 is 2.21 bits per heavy atom. The lowest BCUT2D eigenvalue weighted by Gasteiger charge is -2.13. The van der Waals surface area contributed by atoms with Crippen molar-refractivity contribution in [2.45, 2.75) is 25.7 Å². The summed E-state index contributed by atoms with van der Waals surface area (Å²) >= 11 is 0. The number of aldehydes is 2. The largest absolute Gasteiger partial charge is 0.303 e. The van der Waals surface area contributed by atoms with E-state index in [2.05, 4.69) is 0 Å². The third kappa shape index (κ3) is 2.52. The molecule has 2 nitrogen and oxygen atoms in total. The first-order chi connectivity index (χ1) is 6.79. The van der Waals surface area contributed by atoms with E-state index in [4.69, 9.17) is 0 Å². The first kappa shape index (κ1) is 10.6. The summed E-state index contributed by atoms with van der Waals surface area (Å²) in [6, 6.07) is 7.87. The summed E-state index contributed by atoms with van der Waals surface area (Å²) in [4.78, 5) is 20.9. The van der Waals surface area contributed by atoms with Crippen LogP contribution >= 0.6 is 0 Å². The summed E-state index contributed by atoms with van der Waals surface area (Å²) in [5.74, 6) is 0.0474. The molecule has 0 aromatic heterocycles. The van der Waals surface area contributed by atoms with Crippen molar-refractivity contribution in [3.8, 4) is 0 Å². The maximum Gasteiger partial charge on any atom is 0.120 e. The average Bonchev–Trinajstić information content (AvgIpc) is 2.18. The normalized spacial score (nSPS) is 10.1. The van der Waals surface area contributed by atoms with Crippen LogP contribution in [0.3, 0.4) is 0 Å². The number of carbonyl (C=O) groups is 2. The lowest BCUT2D eigenvalue weighted by Crippen LogP contribution is -2.02. The molecule has 0 bridgehead atoms. The minimum Gasteiger partial charge on any atom is -0.303 e. The van der Waals surface area contributed by atoms with E-state index in [-0.39, 0.29) is 5.92 Å². The van der Waals surface area contributed by atoms with Crippen molar-refractivity contribution in [2.75, 3.05) is 0 Å². The van der Waals surface area contributed by atoms with Gasteiger partial charge in [0.25, 0.3) is 0 Å². The Hall–Kier alpha value is -1.44. The van der Waals surface area contributed by atoms with Gasteiger partial charge >= 0.3 is 0 Å². The molecule has 0 unspecified atom stereocenters. The molecule has 2 heteroatoms.